The number of nitrogens with one attached hydrogen (secondary N) is 2. The summed E-state index contributed by atoms with van der Waals surface area (Å²) in [6.07, 6.45) is 2.52. The summed E-state index contributed by atoms with van der Waals surface area (Å²) in [5.41, 5.74) is 6.58. The van der Waals surface area contributed by atoms with Crippen molar-refractivity contribution in [3.05, 3.63) is 18.0 Å². The zero-order valence-electron chi connectivity index (χ0n) is 11.3. The molecule has 0 atom stereocenters. The summed E-state index contributed by atoms with van der Waals surface area (Å²) in [6.45, 7) is 10.5. The lowest BCUT2D eigenvalue weighted by molar-refractivity contribution is 0.0887. The monoisotopic (exact) mass is 237 g/mol. The van der Waals surface area contributed by atoms with Crippen molar-refractivity contribution >= 4 is 11.6 Å². The van der Waals surface area contributed by atoms with Crippen LogP contribution in [-0.4, -0.2) is 16.4 Å². The minimum Gasteiger partial charge on any atom is -0.397 e. The van der Waals surface area contributed by atoms with Gasteiger partial charge in [0.05, 0.1) is 0 Å². The highest BCUT2D eigenvalue weighted by Crippen LogP contribution is 2.27. The van der Waals surface area contributed by atoms with Gasteiger partial charge in [-0.3, -0.25) is 4.79 Å². The minimum atomic E-state index is -0.241. The van der Waals surface area contributed by atoms with Crippen LogP contribution in [0.3, 0.4) is 0 Å². The molecule has 0 spiro atoms. The number of H-pyrrole nitrogens is 1. The second-order valence-corrected chi connectivity index (χ2v) is 6.42. The Balaban J connectivity index is 2.68. The molecule has 1 aromatic rings. The Bertz CT molecular complexity index is 399. The highest BCUT2D eigenvalue weighted by atomic mass is 16.2. The molecular weight excluding hydrogens is 214 g/mol. The van der Waals surface area contributed by atoms with Crippen LogP contribution in [0.2, 0.25) is 0 Å². The number of nitrogen functional groups attached to an aromatic ring is 1. The Kier molecular flexibility index (Phi) is 3.55. The molecule has 0 saturated heterocycles. The molecule has 0 unspecified atom stereocenters. The zero-order chi connectivity index (χ0) is 13.3. The Morgan fingerprint density at radius 3 is 2.35 bits per heavy atom. The quantitative estimate of drug-likeness (QED) is 0.756. The molecule has 96 valence electrons. The van der Waals surface area contributed by atoms with E-state index in [1.54, 1.807) is 12.3 Å². The number of carbonyl (C=O) groups is 1. The topological polar surface area (TPSA) is 70.9 Å². The average Bonchev–Trinajstić information content (AvgIpc) is 2.45. The minimum absolute atomic E-state index is 0.115. The fourth-order valence-electron chi connectivity index (χ4n) is 2.29. The molecule has 0 saturated carbocycles. The number of amides is 1. The van der Waals surface area contributed by atoms with E-state index in [9.17, 15) is 4.79 Å². The van der Waals surface area contributed by atoms with E-state index in [1.165, 1.54) is 0 Å². The number of rotatable bonds is 3. The number of aromatic nitrogens is 1. The largest absolute Gasteiger partial charge is 0.397 e. The van der Waals surface area contributed by atoms with Gasteiger partial charge in [0, 0.05) is 17.4 Å². The van der Waals surface area contributed by atoms with E-state index in [4.69, 9.17) is 5.73 Å². The Morgan fingerprint density at radius 2 is 1.94 bits per heavy atom. The number of aromatic amines is 1. The molecule has 0 radical (unpaired) electrons. The van der Waals surface area contributed by atoms with Crippen LogP contribution < -0.4 is 11.1 Å². The van der Waals surface area contributed by atoms with Gasteiger partial charge >= 0.3 is 0 Å². The van der Waals surface area contributed by atoms with E-state index < -0.39 is 0 Å². The van der Waals surface area contributed by atoms with E-state index >= 15 is 0 Å². The maximum Gasteiger partial charge on any atom is 0.268 e. The van der Waals surface area contributed by atoms with Gasteiger partial charge < -0.3 is 16.0 Å². The van der Waals surface area contributed by atoms with Crippen LogP contribution in [0.5, 0.6) is 0 Å². The molecule has 4 nitrogen and oxygen atoms in total. The van der Waals surface area contributed by atoms with Gasteiger partial charge in [0.2, 0.25) is 0 Å². The van der Waals surface area contributed by atoms with Crippen LogP contribution >= 0.6 is 0 Å². The first kappa shape index (κ1) is 13.6. The van der Waals surface area contributed by atoms with Crippen LogP contribution in [0.1, 0.15) is 51.5 Å². The van der Waals surface area contributed by atoms with E-state index in [0.717, 1.165) is 6.42 Å². The fourth-order valence-corrected chi connectivity index (χ4v) is 2.29. The Morgan fingerprint density at radius 1 is 1.35 bits per heavy atom. The van der Waals surface area contributed by atoms with Crippen molar-refractivity contribution in [2.75, 3.05) is 5.73 Å². The molecule has 1 rings (SSSR count). The summed E-state index contributed by atoms with van der Waals surface area (Å²) in [5, 5.41) is 3.02. The third-order valence-electron chi connectivity index (χ3n) is 2.37. The molecule has 1 amide bonds. The number of hydrogen-bond acceptors (Lipinski definition) is 2. The Hall–Kier alpha value is -1.45. The summed E-state index contributed by atoms with van der Waals surface area (Å²) >= 11 is 0. The number of anilines is 1. The molecule has 0 fully saturated rings. The van der Waals surface area contributed by atoms with E-state index in [1.807, 2.05) is 13.8 Å². The molecule has 17 heavy (non-hydrogen) atoms. The van der Waals surface area contributed by atoms with Gasteiger partial charge in [-0.1, -0.05) is 20.8 Å². The van der Waals surface area contributed by atoms with Crippen LogP contribution in [0.4, 0.5) is 5.69 Å². The molecule has 0 aliphatic heterocycles. The second kappa shape index (κ2) is 4.43. The van der Waals surface area contributed by atoms with E-state index in [-0.39, 0.29) is 16.9 Å². The van der Waals surface area contributed by atoms with Gasteiger partial charge in [0.25, 0.3) is 5.91 Å². The lowest BCUT2D eigenvalue weighted by Crippen LogP contribution is -2.45. The van der Waals surface area contributed by atoms with Crippen LogP contribution in [-0.2, 0) is 0 Å². The first-order chi connectivity index (χ1) is 7.59. The lowest BCUT2D eigenvalue weighted by Gasteiger charge is -2.33. The normalized spacial score (nSPS) is 12.5. The van der Waals surface area contributed by atoms with Gasteiger partial charge in [0.1, 0.15) is 5.69 Å². The second-order valence-electron chi connectivity index (χ2n) is 6.42. The summed E-state index contributed by atoms with van der Waals surface area (Å²) in [7, 11) is 0. The summed E-state index contributed by atoms with van der Waals surface area (Å²) in [4.78, 5) is 14.8. The molecule has 4 heteroatoms. The number of hydrogen-bond donors (Lipinski definition) is 3. The van der Waals surface area contributed by atoms with Crippen molar-refractivity contribution in [1.82, 2.24) is 10.3 Å². The number of carbonyl (C=O) groups excluding carboxylic acids is 1. The molecule has 1 aromatic heterocycles. The third-order valence-corrected chi connectivity index (χ3v) is 2.37. The van der Waals surface area contributed by atoms with Gasteiger partial charge in [-0.25, -0.2) is 0 Å². The fraction of sp³-hybridized carbons (Fsp3) is 0.615. The summed E-state index contributed by atoms with van der Waals surface area (Å²) in [5.74, 6) is -0.115. The summed E-state index contributed by atoms with van der Waals surface area (Å²) < 4.78 is 0. The van der Waals surface area contributed by atoms with E-state index in [0.29, 0.717) is 11.4 Å². The molecule has 0 bridgehead atoms. The van der Waals surface area contributed by atoms with Crippen LogP contribution in [0.25, 0.3) is 0 Å². The third kappa shape index (κ3) is 4.51. The van der Waals surface area contributed by atoms with E-state index in [2.05, 4.69) is 31.1 Å². The predicted molar refractivity (Wildman–Crippen MR) is 70.8 cm³/mol. The van der Waals surface area contributed by atoms with Gasteiger partial charge in [-0.05, 0) is 31.7 Å². The summed E-state index contributed by atoms with van der Waals surface area (Å²) in [6, 6.07) is 1.64. The average molecular weight is 237 g/mol. The van der Waals surface area contributed by atoms with Crippen molar-refractivity contribution < 1.29 is 4.79 Å². The molecule has 0 aliphatic rings. The SMILES string of the molecule is CC(C)(C)CC(C)(C)NC(=O)c1cc(N)c[nH]1. The zero-order valence-corrected chi connectivity index (χ0v) is 11.3. The first-order valence-electron chi connectivity index (χ1n) is 5.85. The highest BCUT2D eigenvalue weighted by Gasteiger charge is 2.27. The van der Waals surface area contributed by atoms with Gasteiger partial charge in [0.15, 0.2) is 0 Å². The highest BCUT2D eigenvalue weighted by molar-refractivity contribution is 5.93. The van der Waals surface area contributed by atoms with Crippen LogP contribution in [0.15, 0.2) is 12.3 Å². The molecule has 4 N–H and O–H groups in total. The van der Waals surface area contributed by atoms with Crippen LogP contribution in [0, 0.1) is 5.41 Å². The molecule has 1 heterocycles. The number of nitrogens with two attached hydrogens (primary N) is 1. The maximum absolute atomic E-state index is 12.0. The molecule has 0 aromatic carbocycles. The van der Waals surface area contributed by atoms with Gasteiger partial charge in [-0.15, -0.1) is 0 Å². The molecular formula is C13H23N3O. The molecule has 0 aliphatic carbocycles. The van der Waals surface area contributed by atoms with Crippen molar-refractivity contribution in [1.29, 1.82) is 0 Å². The Labute approximate surface area is 103 Å². The van der Waals surface area contributed by atoms with Crippen molar-refractivity contribution in [2.24, 2.45) is 5.41 Å². The van der Waals surface area contributed by atoms with Crippen molar-refractivity contribution in [3.8, 4) is 0 Å². The lowest BCUT2D eigenvalue weighted by atomic mass is 9.82. The standard InChI is InChI=1S/C13H23N3O/c1-12(2,3)8-13(4,5)16-11(17)10-6-9(14)7-15-10/h6-7,15H,8,14H2,1-5H3,(H,16,17). The van der Waals surface area contributed by atoms with Crippen molar-refractivity contribution in [3.63, 3.8) is 0 Å². The smallest absolute Gasteiger partial charge is 0.268 e. The predicted octanol–water partition coefficient (Wildman–Crippen LogP) is 2.54. The first-order valence-corrected chi connectivity index (χ1v) is 5.85. The van der Waals surface area contributed by atoms with Gasteiger partial charge in [-0.2, -0.15) is 0 Å². The van der Waals surface area contributed by atoms with Crippen molar-refractivity contribution in [2.45, 2.75) is 46.6 Å². The maximum atomic E-state index is 12.0.